The van der Waals surface area contributed by atoms with E-state index in [0.29, 0.717) is 0 Å². The summed E-state index contributed by atoms with van der Waals surface area (Å²) in [5.74, 6) is -6.88. The van der Waals surface area contributed by atoms with Crippen molar-refractivity contribution in [2.24, 2.45) is 0 Å². The molecular formula is C16H12F4IrNO2-. The molecule has 3 nitrogen and oxygen atoms in total. The molecule has 0 aliphatic rings. The first kappa shape index (κ1) is 21.9. The van der Waals surface area contributed by atoms with E-state index in [4.69, 9.17) is 5.11 Å². The van der Waals surface area contributed by atoms with E-state index >= 15 is 0 Å². The fourth-order valence-corrected chi connectivity index (χ4v) is 1.50. The van der Waals surface area contributed by atoms with Crippen LogP contribution in [0.5, 0.6) is 0 Å². The fourth-order valence-electron chi connectivity index (χ4n) is 1.50. The number of pyridine rings is 1. The van der Waals surface area contributed by atoms with E-state index in [2.05, 4.69) is 4.98 Å². The number of carbonyl (C=O) groups is 1. The first-order valence-electron chi connectivity index (χ1n) is 6.28. The van der Waals surface area contributed by atoms with Gasteiger partial charge in [-0.05, 0) is 25.6 Å². The second-order valence-corrected chi connectivity index (χ2v) is 4.37. The summed E-state index contributed by atoms with van der Waals surface area (Å²) in [6.45, 7) is 2.85. The van der Waals surface area contributed by atoms with Gasteiger partial charge in [0.2, 0.25) is 0 Å². The van der Waals surface area contributed by atoms with Crippen LogP contribution < -0.4 is 0 Å². The van der Waals surface area contributed by atoms with Crippen LogP contribution in [0, 0.1) is 29.3 Å². The average molecular weight is 518 g/mol. The quantitative estimate of drug-likeness (QED) is 0.162. The Labute approximate surface area is 149 Å². The largest absolute Gasteiger partial charge is 0.512 e. The Morgan fingerprint density at radius 2 is 1.75 bits per heavy atom. The molecule has 0 aliphatic heterocycles. The molecule has 1 aromatic heterocycles. The number of aliphatic hydroxyl groups is 1. The molecule has 8 heteroatoms. The maximum Gasteiger partial charge on any atom is 0.155 e. The minimum Gasteiger partial charge on any atom is -0.512 e. The molecule has 1 aromatic carbocycles. The fraction of sp³-hybridized carbons (Fsp3) is 0.125. The van der Waals surface area contributed by atoms with E-state index in [1.165, 1.54) is 38.3 Å². The van der Waals surface area contributed by atoms with E-state index in [9.17, 15) is 22.4 Å². The Morgan fingerprint density at radius 1 is 1.12 bits per heavy atom. The van der Waals surface area contributed by atoms with Crippen molar-refractivity contribution in [1.82, 2.24) is 4.98 Å². The molecule has 24 heavy (non-hydrogen) atoms. The van der Waals surface area contributed by atoms with Crippen LogP contribution in [0.15, 0.2) is 36.2 Å². The van der Waals surface area contributed by atoms with Gasteiger partial charge in [-0.25, -0.2) is 8.78 Å². The van der Waals surface area contributed by atoms with Gasteiger partial charge >= 0.3 is 0 Å². The molecular weight excluding hydrogens is 506 g/mol. The minimum atomic E-state index is -1.88. The zero-order chi connectivity index (χ0) is 17.6. The Hall–Kier alpha value is -2.05. The number of hydrogen-bond donors (Lipinski definition) is 1. The monoisotopic (exact) mass is 519 g/mol. The average Bonchev–Trinajstić information content (AvgIpc) is 2.49. The van der Waals surface area contributed by atoms with Gasteiger partial charge in [-0.3, -0.25) is 13.6 Å². The van der Waals surface area contributed by atoms with Crippen molar-refractivity contribution in [3.05, 3.63) is 65.6 Å². The van der Waals surface area contributed by atoms with Crippen LogP contribution in [-0.2, 0) is 24.9 Å². The Kier molecular flexibility index (Phi) is 9.10. The minimum absolute atomic E-state index is 0. The third-order valence-corrected chi connectivity index (χ3v) is 2.37. The maximum absolute atomic E-state index is 13.3. The van der Waals surface area contributed by atoms with E-state index in [1.807, 2.05) is 0 Å². The molecule has 0 unspecified atom stereocenters. The number of aliphatic hydroxyl groups excluding tert-OH is 1. The summed E-state index contributed by atoms with van der Waals surface area (Å²) in [5.41, 5.74) is -0.546. The molecule has 1 N–H and O–H groups in total. The van der Waals surface area contributed by atoms with Crippen molar-refractivity contribution < 1.29 is 47.6 Å². The Balaban J connectivity index is 0.000000570. The molecule has 0 saturated carbocycles. The van der Waals surface area contributed by atoms with Crippen molar-refractivity contribution in [2.75, 3.05) is 0 Å². The predicted octanol–water partition coefficient (Wildman–Crippen LogP) is 4.14. The van der Waals surface area contributed by atoms with Crippen LogP contribution in [0.4, 0.5) is 17.6 Å². The normalized spacial score (nSPS) is 10.3. The van der Waals surface area contributed by atoms with Gasteiger partial charge in [0, 0.05) is 32.4 Å². The van der Waals surface area contributed by atoms with Crippen molar-refractivity contribution in [3.63, 3.8) is 0 Å². The third-order valence-electron chi connectivity index (χ3n) is 2.37. The van der Waals surface area contributed by atoms with Crippen molar-refractivity contribution in [3.8, 4) is 11.3 Å². The topological polar surface area (TPSA) is 50.2 Å². The van der Waals surface area contributed by atoms with E-state index < -0.39 is 28.8 Å². The number of allylic oxidation sites excluding steroid dienone is 2. The molecule has 1 radical (unpaired) electrons. The Morgan fingerprint density at radius 3 is 2.17 bits per heavy atom. The van der Waals surface area contributed by atoms with E-state index in [1.54, 1.807) is 12.1 Å². The summed E-state index contributed by atoms with van der Waals surface area (Å²) in [6, 6.07) is 6.18. The SMILES string of the molecule is CC(=O)/C=C(/C)O.Fc1[c-]c(-c2ccccn2)c(F)c(F)c1F.[Ir]. The van der Waals surface area contributed by atoms with Gasteiger partial charge in [-0.1, -0.05) is 23.8 Å². The third kappa shape index (κ3) is 6.22. The molecule has 0 amide bonds. The zero-order valence-electron chi connectivity index (χ0n) is 12.5. The van der Waals surface area contributed by atoms with Crippen LogP contribution in [0.2, 0.25) is 0 Å². The predicted molar refractivity (Wildman–Crippen MR) is 75.4 cm³/mol. The van der Waals surface area contributed by atoms with E-state index in [0.717, 1.165) is 0 Å². The van der Waals surface area contributed by atoms with Crippen LogP contribution in [0.3, 0.4) is 0 Å². The van der Waals surface area contributed by atoms with Crippen LogP contribution in [0.25, 0.3) is 11.3 Å². The molecule has 131 valence electrons. The van der Waals surface area contributed by atoms with Gasteiger partial charge in [0.15, 0.2) is 5.78 Å². The number of nitrogens with zero attached hydrogens (tertiary/aromatic N) is 1. The first-order chi connectivity index (χ1) is 10.7. The Bertz CT molecular complexity index is 733. The number of carbonyl (C=O) groups excluding carboxylic acids is 1. The molecule has 2 rings (SSSR count). The number of hydrogen-bond acceptors (Lipinski definition) is 3. The summed E-state index contributed by atoms with van der Waals surface area (Å²) in [7, 11) is 0. The summed E-state index contributed by atoms with van der Waals surface area (Å²) in [4.78, 5) is 13.7. The van der Waals surface area contributed by atoms with Gasteiger partial charge in [0.1, 0.15) is 11.6 Å². The molecule has 0 bridgehead atoms. The number of halogens is 4. The van der Waals surface area contributed by atoms with Crippen LogP contribution in [0.1, 0.15) is 13.8 Å². The number of rotatable bonds is 2. The molecule has 0 atom stereocenters. The summed E-state index contributed by atoms with van der Waals surface area (Å²) in [6.07, 6.45) is 2.49. The molecule has 0 saturated heterocycles. The van der Waals surface area contributed by atoms with Crippen molar-refractivity contribution in [2.45, 2.75) is 13.8 Å². The molecule has 0 spiro atoms. The molecule has 1 heterocycles. The number of ketones is 1. The summed E-state index contributed by atoms with van der Waals surface area (Å²) < 4.78 is 51.7. The first-order valence-corrected chi connectivity index (χ1v) is 6.28. The van der Waals surface area contributed by atoms with Gasteiger partial charge in [0.05, 0.1) is 17.4 Å². The second-order valence-electron chi connectivity index (χ2n) is 4.37. The van der Waals surface area contributed by atoms with Gasteiger partial charge in [0.25, 0.3) is 0 Å². The molecule has 0 fully saturated rings. The van der Waals surface area contributed by atoms with Gasteiger partial charge in [-0.2, -0.15) is 0 Å². The summed E-state index contributed by atoms with van der Waals surface area (Å²) in [5, 5.41) is 8.36. The van der Waals surface area contributed by atoms with Crippen molar-refractivity contribution in [1.29, 1.82) is 0 Å². The standard InChI is InChI=1S/C11H4F4N.C5H8O2.Ir/c12-7-5-6(8-3-1-2-4-16-8)9(13)11(15)10(7)14;1-4(6)3-5(2)7;/h1-4H;3,6H,1-2H3;/q-1;;/b;4-3-;. The van der Waals surface area contributed by atoms with Gasteiger partial charge in [-0.15, -0.1) is 0 Å². The van der Waals surface area contributed by atoms with Crippen LogP contribution in [-0.4, -0.2) is 15.9 Å². The van der Waals surface area contributed by atoms with Gasteiger partial charge < -0.3 is 10.1 Å². The summed E-state index contributed by atoms with van der Waals surface area (Å²) >= 11 is 0. The molecule has 0 aliphatic carbocycles. The maximum atomic E-state index is 13.3. The second kappa shape index (κ2) is 9.95. The zero-order valence-corrected chi connectivity index (χ0v) is 14.9. The van der Waals surface area contributed by atoms with Crippen LogP contribution >= 0.6 is 0 Å². The van der Waals surface area contributed by atoms with E-state index in [-0.39, 0.29) is 37.3 Å². The molecule has 2 aromatic rings. The number of benzene rings is 1. The number of aromatic nitrogens is 1. The smallest absolute Gasteiger partial charge is 0.155 e. The van der Waals surface area contributed by atoms with Crippen molar-refractivity contribution >= 4 is 5.78 Å².